The second-order valence-corrected chi connectivity index (χ2v) is 8.83. The van der Waals surface area contributed by atoms with Gasteiger partial charge in [0.25, 0.3) is 0 Å². The molecule has 3 fully saturated rings. The van der Waals surface area contributed by atoms with Gasteiger partial charge in [-0.15, -0.1) is 0 Å². The standard InChI is InChI=1S/C20H28O2/c1-19-9-7-15(22)11-13(19)3-5-16-17-6-4-14(12-21)20(17,2)10-8-18(16)19/h11-12,14,16-18H,3-10H2,1-2H3/t14-,16+,17+,18+,19+,20-/m1/s1. The lowest BCUT2D eigenvalue weighted by Crippen LogP contribution is -2.50. The van der Waals surface area contributed by atoms with E-state index in [-0.39, 0.29) is 16.7 Å². The van der Waals surface area contributed by atoms with Gasteiger partial charge in [0, 0.05) is 12.3 Å². The molecule has 4 aliphatic rings. The van der Waals surface area contributed by atoms with Crippen LogP contribution >= 0.6 is 0 Å². The van der Waals surface area contributed by atoms with E-state index >= 15 is 0 Å². The third-order valence-electron chi connectivity index (χ3n) is 8.20. The molecule has 0 aromatic carbocycles. The zero-order valence-electron chi connectivity index (χ0n) is 13.9. The summed E-state index contributed by atoms with van der Waals surface area (Å²) in [7, 11) is 0. The van der Waals surface area contributed by atoms with E-state index in [4.69, 9.17) is 0 Å². The van der Waals surface area contributed by atoms with Crippen molar-refractivity contribution in [3.63, 3.8) is 0 Å². The quantitative estimate of drug-likeness (QED) is 0.675. The number of allylic oxidation sites excluding steroid dienone is 1. The van der Waals surface area contributed by atoms with E-state index in [0.29, 0.717) is 5.78 Å². The van der Waals surface area contributed by atoms with Gasteiger partial charge in [-0.25, -0.2) is 0 Å². The van der Waals surface area contributed by atoms with Gasteiger partial charge in [0.1, 0.15) is 6.29 Å². The lowest BCUT2D eigenvalue weighted by molar-refractivity contribution is -0.120. The van der Waals surface area contributed by atoms with Crippen LogP contribution in [0.25, 0.3) is 0 Å². The van der Waals surface area contributed by atoms with Crippen LogP contribution in [-0.4, -0.2) is 12.1 Å². The van der Waals surface area contributed by atoms with Crippen LogP contribution in [0, 0.1) is 34.5 Å². The summed E-state index contributed by atoms with van der Waals surface area (Å²) in [5.74, 6) is 2.88. The fraction of sp³-hybridized carbons (Fsp3) is 0.800. The first kappa shape index (κ1) is 14.7. The van der Waals surface area contributed by atoms with E-state index in [0.717, 1.165) is 43.4 Å². The minimum Gasteiger partial charge on any atom is -0.303 e. The summed E-state index contributed by atoms with van der Waals surface area (Å²) >= 11 is 0. The average molecular weight is 300 g/mol. The van der Waals surface area contributed by atoms with E-state index < -0.39 is 0 Å². The fourth-order valence-corrected chi connectivity index (χ4v) is 6.82. The van der Waals surface area contributed by atoms with Gasteiger partial charge in [0.05, 0.1) is 0 Å². The lowest BCUT2D eigenvalue weighted by atomic mass is 9.47. The Morgan fingerprint density at radius 1 is 1.05 bits per heavy atom. The first-order valence-electron chi connectivity index (χ1n) is 9.18. The molecule has 0 aliphatic heterocycles. The molecule has 120 valence electrons. The highest BCUT2D eigenvalue weighted by atomic mass is 16.1. The van der Waals surface area contributed by atoms with Crippen molar-refractivity contribution in [3.05, 3.63) is 11.6 Å². The molecule has 0 aromatic heterocycles. The molecule has 6 atom stereocenters. The highest BCUT2D eigenvalue weighted by molar-refractivity contribution is 5.91. The maximum Gasteiger partial charge on any atom is 0.155 e. The number of aldehydes is 1. The molecule has 0 radical (unpaired) electrons. The molecule has 0 aromatic rings. The van der Waals surface area contributed by atoms with Crippen molar-refractivity contribution < 1.29 is 9.59 Å². The van der Waals surface area contributed by atoms with E-state index in [9.17, 15) is 9.59 Å². The number of rotatable bonds is 1. The Labute approximate surface area is 133 Å². The minimum absolute atomic E-state index is 0.255. The summed E-state index contributed by atoms with van der Waals surface area (Å²) in [6.45, 7) is 4.81. The molecular formula is C20H28O2. The Kier molecular flexibility index (Phi) is 3.19. The molecule has 0 saturated heterocycles. The lowest BCUT2D eigenvalue weighted by Gasteiger charge is -2.57. The zero-order valence-corrected chi connectivity index (χ0v) is 13.9. The molecule has 0 bridgehead atoms. The van der Waals surface area contributed by atoms with Gasteiger partial charge >= 0.3 is 0 Å². The van der Waals surface area contributed by atoms with Crippen LogP contribution in [0.3, 0.4) is 0 Å². The minimum atomic E-state index is 0.255. The van der Waals surface area contributed by atoms with Crippen LogP contribution < -0.4 is 0 Å². The van der Waals surface area contributed by atoms with Gasteiger partial charge in [0.15, 0.2) is 5.78 Å². The third kappa shape index (κ3) is 1.79. The molecule has 2 nitrogen and oxygen atoms in total. The molecule has 0 heterocycles. The molecule has 0 N–H and O–H groups in total. The van der Waals surface area contributed by atoms with Crippen LogP contribution in [0.4, 0.5) is 0 Å². The van der Waals surface area contributed by atoms with Crippen LogP contribution in [0.1, 0.15) is 65.2 Å². The van der Waals surface area contributed by atoms with Crippen LogP contribution in [0.5, 0.6) is 0 Å². The first-order valence-corrected chi connectivity index (χ1v) is 9.18. The summed E-state index contributed by atoms with van der Waals surface area (Å²) in [5.41, 5.74) is 1.96. The van der Waals surface area contributed by atoms with Crippen molar-refractivity contribution in [1.29, 1.82) is 0 Å². The maximum absolute atomic E-state index is 11.8. The van der Waals surface area contributed by atoms with Crippen molar-refractivity contribution in [2.24, 2.45) is 34.5 Å². The molecule has 2 heteroatoms. The number of carbonyl (C=O) groups excluding carboxylic acids is 2. The predicted octanol–water partition coefficient (Wildman–Crippen LogP) is 4.33. The highest BCUT2D eigenvalue weighted by Crippen LogP contribution is 2.66. The Morgan fingerprint density at radius 3 is 2.64 bits per heavy atom. The normalized spacial score (nSPS) is 50.6. The van der Waals surface area contributed by atoms with Gasteiger partial charge < -0.3 is 4.79 Å². The summed E-state index contributed by atoms with van der Waals surface area (Å²) in [6.07, 6.45) is 12.2. The topological polar surface area (TPSA) is 34.1 Å². The zero-order chi connectivity index (χ0) is 15.5. The molecular weight excluding hydrogens is 272 g/mol. The summed E-state index contributed by atoms with van der Waals surface area (Å²) in [6, 6.07) is 0. The van der Waals surface area contributed by atoms with E-state index in [1.54, 1.807) is 0 Å². The maximum atomic E-state index is 11.8. The summed E-state index contributed by atoms with van der Waals surface area (Å²) in [5, 5.41) is 0. The van der Waals surface area contributed by atoms with Gasteiger partial charge in [-0.2, -0.15) is 0 Å². The Balaban J connectivity index is 1.68. The molecule has 4 rings (SSSR count). The van der Waals surface area contributed by atoms with Crippen molar-refractivity contribution in [1.82, 2.24) is 0 Å². The number of hydrogen-bond acceptors (Lipinski definition) is 2. The summed E-state index contributed by atoms with van der Waals surface area (Å²) < 4.78 is 0. The highest BCUT2D eigenvalue weighted by Gasteiger charge is 2.58. The Hall–Kier alpha value is -0.920. The van der Waals surface area contributed by atoms with Gasteiger partial charge in [0.2, 0.25) is 0 Å². The van der Waals surface area contributed by atoms with Crippen molar-refractivity contribution >= 4 is 12.1 Å². The van der Waals surface area contributed by atoms with Crippen LogP contribution in [0.2, 0.25) is 0 Å². The number of hydrogen-bond donors (Lipinski definition) is 0. The number of ketones is 1. The van der Waals surface area contributed by atoms with Crippen molar-refractivity contribution in [3.8, 4) is 0 Å². The van der Waals surface area contributed by atoms with E-state index in [2.05, 4.69) is 13.8 Å². The molecule has 4 aliphatic carbocycles. The van der Waals surface area contributed by atoms with Gasteiger partial charge in [-0.3, -0.25) is 4.79 Å². The Bertz CT molecular complexity index is 548. The second kappa shape index (κ2) is 4.79. The largest absolute Gasteiger partial charge is 0.303 e. The predicted molar refractivity (Wildman–Crippen MR) is 86.3 cm³/mol. The van der Waals surface area contributed by atoms with E-state index in [1.807, 2.05) is 6.08 Å². The van der Waals surface area contributed by atoms with Crippen LogP contribution in [0.15, 0.2) is 11.6 Å². The fourth-order valence-electron chi connectivity index (χ4n) is 6.82. The SMILES string of the molecule is C[C@]12CC[C@H]3[C@@H](CCC4=CC(=O)CC[C@@]43C)[C@@H]1CC[C@@H]2C=O. The second-order valence-electron chi connectivity index (χ2n) is 8.83. The number of carbonyl (C=O) groups is 2. The molecule has 0 unspecified atom stereocenters. The molecule has 3 saturated carbocycles. The van der Waals surface area contributed by atoms with Crippen molar-refractivity contribution in [2.45, 2.75) is 65.2 Å². The molecule has 0 amide bonds. The smallest absolute Gasteiger partial charge is 0.155 e. The van der Waals surface area contributed by atoms with E-state index in [1.165, 1.54) is 37.5 Å². The average Bonchev–Trinajstić information content (AvgIpc) is 2.84. The summed E-state index contributed by atoms with van der Waals surface area (Å²) in [4.78, 5) is 23.3. The Morgan fingerprint density at radius 2 is 1.86 bits per heavy atom. The van der Waals surface area contributed by atoms with Crippen molar-refractivity contribution in [2.75, 3.05) is 0 Å². The molecule has 0 spiro atoms. The monoisotopic (exact) mass is 300 g/mol. The number of fused-ring (bicyclic) bond motifs is 5. The third-order valence-corrected chi connectivity index (χ3v) is 8.20. The molecule has 22 heavy (non-hydrogen) atoms. The van der Waals surface area contributed by atoms with Gasteiger partial charge in [-0.1, -0.05) is 19.4 Å². The van der Waals surface area contributed by atoms with Gasteiger partial charge in [-0.05, 0) is 79.6 Å². The van der Waals surface area contributed by atoms with Crippen LogP contribution in [-0.2, 0) is 9.59 Å². The first-order chi connectivity index (χ1) is 10.5.